The molecule has 168 valence electrons. The van der Waals surface area contributed by atoms with Gasteiger partial charge in [-0.1, -0.05) is 45.7 Å². The van der Waals surface area contributed by atoms with Gasteiger partial charge >= 0.3 is 26.2 Å². The van der Waals surface area contributed by atoms with Gasteiger partial charge in [0.2, 0.25) is 0 Å². The molecule has 0 saturated heterocycles. The average molecular weight is 520 g/mol. The van der Waals surface area contributed by atoms with Crippen LogP contribution in [0.15, 0.2) is 72.8 Å². The molecule has 0 nitrogen and oxygen atoms in total. The summed E-state index contributed by atoms with van der Waals surface area (Å²) in [6, 6.07) is 25.7. The molecule has 0 fully saturated rings. The zero-order chi connectivity index (χ0) is 23.1. The maximum Gasteiger partial charge on any atom is 4.00 e. The van der Waals surface area contributed by atoms with Crippen LogP contribution in [-0.2, 0) is 26.2 Å². The van der Waals surface area contributed by atoms with Gasteiger partial charge in [-0.15, -0.1) is 86.4 Å². The molecule has 4 aromatic rings. The summed E-state index contributed by atoms with van der Waals surface area (Å²) in [6.07, 6.45) is 7.00. The number of unbranched alkanes of at least 4 members (excludes halogenated alkanes) is 2. The molecule has 0 aliphatic rings. The molecular weight excluding hydrogens is 480 g/mol. The van der Waals surface area contributed by atoms with Gasteiger partial charge in [-0.25, -0.2) is 0 Å². The zero-order valence-corrected chi connectivity index (χ0v) is 24.6. The topological polar surface area (TPSA) is 0 Å². The van der Waals surface area contributed by atoms with E-state index in [2.05, 4.69) is 121 Å². The van der Waals surface area contributed by atoms with Gasteiger partial charge in [0.15, 0.2) is 0 Å². The first-order valence-corrected chi connectivity index (χ1v) is 12.1. The maximum atomic E-state index is 3.60. The number of fused-ring (bicyclic) bond motifs is 2. The third-order valence-corrected chi connectivity index (χ3v) is 5.09. The number of aryl methyl sites for hydroxylation is 2. The average Bonchev–Trinajstić information content (AvgIpc) is 3.33. The molecule has 4 rings (SSSR count). The van der Waals surface area contributed by atoms with E-state index in [4.69, 9.17) is 0 Å². The molecule has 2 heteroatoms. The van der Waals surface area contributed by atoms with Gasteiger partial charge in [0.1, 0.15) is 0 Å². The number of hydrogen-bond donors (Lipinski definition) is 0. The Bertz CT molecular complexity index is 866. The van der Waals surface area contributed by atoms with E-state index < -0.39 is 0 Å². The van der Waals surface area contributed by atoms with Crippen molar-refractivity contribution >= 4 is 36.6 Å². The summed E-state index contributed by atoms with van der Waals surface area (Å²) in [5.74, 6) is 0. The Morgan fingerprint density at radius 3 is 1.59 bits per heavy atom. The third kappa shape index (κ3) is 12.6. The van der Waals surface area contributed by atoms with Gasteiger partial charge in [0.25, 0.3) is 0 Å². The fourth-order valence-corrected chi connectivity index (χ4v) is 3.21. The standard InChI is InChI=1S/2C10H9.C6H13Si.C4H9.Zr/c2*1-8-6-9-4-2-3-5-10(9)7-8;1-3-4-5-6(2)7;1-3-4-2;/h2*2-7H,1H3;3H,4-5,7H2,1-2H3;1,3-4H2,2H3;/q4*-1;+4. The summed E-state index contributed by atoms with van der Waals surface area (Å²) < 4.78 is 0. The number of rotatable bonds is 4. The largest absolute Gasteiger partial charge is 4.00 e. The second kappa shape index (κ2) is 18.1. The predicted octanol–water partition coefficient (Wildman–Crippen LogP) is 8.17. The summed E-state index contributed by atoms with van der Waals surface area (Å²) in [4.78, 5) is 0. The molecule has 0 aromatic heterocycles. The van der Waals surface area contributed by atoms with Crippen LogP contribution in [0.3, 0.4) is 0 Å². The second-order valence-electron chi connectivity index (χ2n) is 8.08. The van der Waals surface area contributed by atoms with Gasteiger partial charge in [0.05, 0.1) is 0 Å². The first kappa shape index (κ1) is 30.6. The molecule has 0 atom stereocenters. The van der Waals surface area contributed by atoms with Crippen molar-refractivity contribution < 1.29 is 26.2 Å². The van der Waals surface area contributed by atoms with E-state index in [9.17, 15) is 0 Å². The Kier molecular flexibility index (Phi) is 17.3. The molecule has 4 aromatic carbocycles. The smallest absolute Gasteiger partial charge is 0.343 e. The minimum atomic E-state index is 0. The minimum absolute atomic E-state index is 0. The fraction of sp³-hybridized carbons (Fsp3) is 0.300. The quantitative estimate of drug-likeness (QED) is 0.188. The van der Waals surface area contributed by atoms with Crippen molar-refractivity contribution in [3.8, 4) is 0 Å². The molecule has 0 heterocycles. The molecule has 0 spiro atoms. The Morgan fingerprint density at radius 2 is 1.31 bits per heavy atom. The van der Waals surface area contributed by atoms with E-state index in [0.29, 0.717) is 0 Å². The molecule has 0 amide bonds. The second-order valence-corrected chi connectivity index (χ2v) is 9.29. The van der Waals surface area contributed by atoms with Crippen LogP contribution in [0.5, 0.6) is 0 Å². The fourth-order valence-electron chi connectivity index (χ4n) is 3.00. The van der Waals surface area contributed by atoms with E-state index >= 15 is 0 Å². The van der Waals surface area contributed by atoms with Gasteiger partial charge in [0, 0.05) is 0 Å². The van der Waals surface area contributed by atoms with Gasteiger partial charge in [-0.05, 0) is 16.8 Å². The van der Waals surface area contributed by atoms with Crippen molar-refractivity contribution in [2.24, 2.45) is 0 Å². The van der Waals surface area contributed by atoms with Crippen LogP contribution in [-0.4, -0.2) is 15.0 Å². The zero-order valence-electron chi connectivity index (χ0n) is 20.7. The third-order valence-electron chi connectivity index (χ3n) is 4.74. The SMILES string of the molecule is C[CH-]CCC(C)=[SiH2].Cc1cc2ccccc2[cH-]1.Cc1cc2ccccc2[cH-]1.[CH2-]CCC.[Zr+4]. The van der Waals surface area contributed by atoms with E-state index in [1.807, 2.05) is 9.85 Å². The minimum Gasteiger partial charge on any atom is -0.343 e. The molecular formula is C30H40SiZr. The molecule has 0 aliphatic heterocycles. The normalized spacial score (nSPS) is 9.44. The van der Waals surface area contributed by atoms with E-state index in [1.54, 1.807) is 5.17 Å². The van der Waals surface area contributed by atoms with Crippen molar-refractivity contribution in [1.82, 2.24) is 0 Å². The predicted molar refractivity (Wildman–Crippen MR) is 147 cm³/mol. The summed E-state index contributed by atoms with van der Waals surface area (Å²) in [6.45, 7) is 14.3. The van der Waals surface area contributed by atoms with Crippen LogP contribution >= 0.6 is 0 Å². The molecule has 0 radical (unpaired) electrons. The van der Waals surface area contributed by atoms with Crippen LogP contribution in [0.1, 0.15) is 57.6 Å². The molecule has 0 unspecified atom stereocenters. The molecule has 0 bridgehead atoms. The van der Waals surface area contributed by atoms with Crippen molar-refractivity contribution in [1.29, 1.82) is 0 Å². The van der Waals surface area contributed by atoms with Crippen LogP contribution in [0.25, 0.3) is 21.5 Å². The van der Waals surface area contributed by atoms with Gasteiger partial charge < -0.3 is 13.3 Å². The monoisotopic (exact) mass is 518 g/mol. The van der Waals surface area contributed by atoms with Crippen molar-refractivity contribution in [3.63, 3.8) is 0 Å². The summed E-state index contributed by atoms with van der Waals surface area (Å²) in [5, 5.41) is 6.94. The summed E-state index contributed by atoms with van der Waals surface area (Å²) in [7, 11) is 1.99. The first-order valence-electron chi connectivity index (χ1n) is 11.4. The van der Waals surface area contributed by atoms with E-state index in [1.165, 1.54) is 51.9 Å². The van der Waals surface area contributed by atoms with E-state index in [-0.39, 0.29) is 26.2 Å². The summed E-state index contributed by atoms with van der Waals surface area (Å²) >= 11 is 0. The molecule has 0 saturated carbocycles. The van der Waals surface area contributed by atoms with Crippen molar-refractivity contribution in [2.75, 3.05) is 0 Å². The van der Waals surface area contributed by atoms with Crippen molar-refractivity contribution in [2.45, 2.75) is 60.3 Å². The van der Waals surface area contributed by atoms with Crippen molar-refractivity contribution in [3.05, 3.63) is 97.3 Å². The van der Waals surface area contributed by atoms with Crippen LogP contribution in [0.2, 0.25) is 0 Å². The Balaban J connectivity index is 0.000000418. The van der Waals surface area contributed by atoms with Gasteiger partial charge in [-0.3, -0.25) is 0 Å². The van der Waals surface area contributed by atoms with Crippen LogP contribution in [0, 0.1) is 27.2 Å². The maximum absolute atomic E-state index is 3.60. The van der Waals surface area contributed by atoms with Gasteiger partial charge in [-0.2, -0.15) is 31.9 Å². The Labute approximate surface area is 219 Å². The Morgan fingerprint density at radius 1 is 0.906 bits per heavy atom. The number of benzene rings is 2. The Hall–Kier alpha value is -1.37. The molecule has 0 aliphatic carbocycles. The van der Waals surface area contributed by atoms with Crippen LogP contribution < -0.4 is 0 Å². The first-order chi connectivity index (χ1) is 14.9. The molecule has 32 heavy (non-hydrogen) atoms. The summed E-state index contributed by atoms with van der Waals surface area (Å²) in [5.41, 5.74) is 2.70. The molecule has 0 N–H and O–H groups in total. The number of hydrogen-bond acceptors (Lipinski definition) is 0. The van der Waals surface area contributed by atoms with Crippen LogP contribution in [0.4, 0.5) is 0 Å². The van der Waals surface area contributed by atoms with E-state index in [0.717, 1.165) is 6.42 Å².